The van der Waals surface area contributed by atoms with E-state index in [0.717, 1.165) is 5.56 Å². The summed E-state index contributed by atoms with van der Waals surface area (Å²) in [5.74, 6) is 0. The van der Waals surface area contributed by atoms with E-state index in [4.69, 9.17) is 23.2 Å². The quantitative estimate of drug-likeness (QED) is 0.555. The van der Waals surface area contributed by atoms with Gasteiger partial charge in [-0.1, -0.05) is 59.6 Å². The molecular weight excluding hydrogens is 253 g/mol. The molecule has 0 aromatic heterocycles. The Morgan fingerprint density at radius 3 is 2.24 bits per heavy atom. The number of nitrogens with zero attached hydrogens (tertiary/aromatic N) is 1. The first-order valence-corrected chi connectivity index (χ1v) is 6.37. The Morgan fingerprint density at radius 2 is 1.76 bits per heavy atom. The first-order chi connectivity index (χ1) is 7.88. The van der Waals surface area contributed by atoms with Crippen LogP contribution in [0.3, 0.4) is 0 Å². The molecule has 0 atom stereocenters. The lowest BCUT2D eigenvalue weighted by Gasteiger charge is -2.14. The molecule has 0 fully saturated rings. The highest BCUT2D eigenvalue weighted by molar-refractivity contribution is 6.55. The fraction of sp³-hybridized carbons (Fsp3) is 0.357. The molecule has 0 heterocycles. The standard InChI is InChI=1S/C14H17Cl2N/c1-14(2,3)17-12(13(15)16)10-9-11-7-5-4-6-8-11/h4-10,13H,1-3H3/b10-9+,17-12?. The predicted octanol–water partition coefficient (Wildman–Crippen LogP) is 4.74. The molecule has 0 saturated heterocycles. The summed E-state index contributed by atoms with van der Waals surface area (Å²) in [6.07, 6.45) is 3.83. The third-order valence-electron chi connectivity index (χ3n) is 1.93. The smallest absolute Gasteiger partial charge is 0.149 e. The lowest BCUT2D eigenvalue weighted by atomic mass is 10.1. The number of hydrogen-bond donors (Lipinski definition) is 0. The summed E-state index contributed by atoms with van der Waals surface area (Å²) in [4.78, 5) is 3.89. The molecule has 1 nitrogen and oxygen atoms in total. The van der Waals surface area contributed by atoms with E-state index in [1.54, 1.807) is 0 Å². The Balaban J connectivity index is 2.89. The van der Waals surface area contributed by atoms with Gasteiger partial charge in [0, 0.05) is 0 Å². The van der Waals surface area contributed by atoms with E-state index in [1.165, 1.54) is 0 Å². The van der Waals surface area contributed by atoms with Crippen molar-refractivity contribution in [2.45, 2.75) is 31.1 Å². The van der Waals surface area contributed by atoms with Gasteiger partial charge < -0.3 is 0 Å². The van der Waals surface area contributed by atoms with Gasteiger partial charge in [0.2, 0.25) is 0 Å². The first-order valence-electron chi connectivity index (χ1n) is 5.49. The molecule has 1 aromatic carbocycles. The molecule has 0 saturated carbocycles. The zero-order chi connectivity index (χ0) is 12.9. The summed E-state index contributed by atoms with van der Waals surface area (Å²) >= 11 is 11.8. The van der Waals surface area contributed by atoms with Crippen molar-refractivity contribution in [1.29, 1.82) is 0 Å². The van der Waals surface area contributed by atoms with E-state index in [2.05, 4.69) is 4.99 Å². The van der Waals surface area contributed by atoms with Gasteiger partial charge in [0.05, 0.1) is 11.3 Å². The summed E-state index contributed by atoms with van der Waals surface area (Å²) in [6.45, 7) is 6.04. The maximum Gasteiger partial charge on any atom is 0.149 e. The fourth-order valence-electron chi connectivity index (χ4n) is 1.29. The van der Waals surface area contributed by atoms with Crippen LogP contribution in [0.15, 0.2) is 41.4 Å². The Hall–Kier alpha value is -0.790. The van der Waals surface area contributed by atoms with Gasteiger partial charge in [0.1, 0.15) is 4.84 Å². The Kier molecular flexibility index (Phi) is 5.23. The van der Waals surface area contributed by atoms with E-state index >= 15 is 0 Å². The molecule has 3 heteroatoms. The van der Waals surface area contributed by atoms with Gasteiger partial charge in [-0.05, 0) is 32.4 Å². The van der Waals surface area contributed by atoms with Crippen LogP contribution in [0.1, 0.15) is 26.3 Å². The van der Waals surface area contributed by atoms with Gasteiger partial charge in [0.25, 0.3) is 0 Å². The minimum absolute atomic E-state index is 0.182. The molecule has 0 spiro atoms. The van der Waals surface area contributed by atoms with Gasteiger partial charge in [-0.25, -0.2) is 0 Å². The van der Waals surface area contributed by atoms with E-state index in [-0.39, 0.29) is 5.54 Å². The van der Waals surface area contributed by atoms with Gasteiger partial charge in [-0.2, -0.15) is 0 Å². The van der Waals surface area contributed by atoms with Crippen molar-refractivity contribution >= 4 is 35.0 Å². The van der Waals surface area contributed by atoms with Crippen molar-refractivity contribution in [2.24, 2.45) is 4.99 Å². The largest absolute Gasteiger partial charge is 0.281 e. The number of rotatable bonds is 3. The number of hydrogen-bond acceptors (Lipinski definition) is 1. The van der Waals surface area contributed by atoms with Crippen LogP contribution in [0.2, 0.25) is 0 Å². The number of alkyl halides is 2. The van der Waals surface area contributed by atoms with Crippen molar-refractivity contribution in [3.05, 3.63) is 42.0 Å². The van der Waals surface area contributed by atoms with Gasteiger partial charge in [-0.15, -0.1) is 0 Å². The minimum Gasteiger partial charge on any atom is -0.281 e. The van der Waals surface area contributed by atoms with Crippen LogP contribution in [0.25, 0.3) is 6.08 Å². The van der Waals surface area contributed by atoms with Gasteiger partial charge in [-0.3, -0.25) is 4.99 Å². The third kappa shape index (κ3) is 5.90. The second-order valence-corrected chi connectivity index (χ2v) is 5.85. The van der Waals surface area contributed by atoms with Crippen LogP contribution >= 0.6 is 23.2 Å². The van der Waals surface area contributed by atoms with E-state index in [1.807, 2.05) is 63.3 Å². The summed E-state index contributed by atoms with van der Waals surface area (Å²) in [7, 11) is 0. The predicted molar refractivity (Wildman–Crippen MR) is 78.2 cm³/mol. The Bertz CT molecular complexity index is 400. The Morgan fingerprint density at radius 1 is 1.18 bits per heavy atom. The van der Waals surface area contributed by atoms with Crippen LogP contribution in [0, 0.1) is 0 Å². The Labute approximate surface area is 113 Å². The minimum atomic E-state index is -0.603. The molecule has 0 bridgehead atoms. The number of benzene rings is 1. The third-order valence-corrected chi connectivity index (χ3v) is 2.38. The zero-order valence-electron chi connectivity index (χ0n) is 10.3. The van der Waals surface area contributed by atoms with Gasteiger partial charge in [0.15, 0.2) is 0 Å². The van der Waals surface area contributed by atoms with Crippen molar-refractivity contribution in [1.82, 2.24) is 0 Å². The van der Waals surface area contributed by atoms with E-state index in [9.17, 15) is 0 Å². The van der Waals surface area contributed by atoms with Crippen LogP contribution in [0.4, 0.5) is 0 Å². The summed E-state index contributed by atoms with van der Waals surface area (Å²) in [5, 5.41) is 0. The number of aliphatic imine (C=N–C) groups is 1. The van der Waals surface area contributed by atoms with Crippen molar-refractivity contribution in [3.8, 4) is 0 Å². The molecule has 0 aliphatic heterocycles. The average Bonchev–Trinajstić information content (AvgIpc) is 2.24. The highest BCUT2D eigenvalue weighted by Crippen LogP contribution is 2.14. The second kappa shape index (κ2) is 6.23. The molecule has 17 heavy (non-hydrogen) atoms. The molecule has 0 aliphatic carbocycles. The van der Waals surface area contributed by atoms with Crippen LogP contribution in [0.5, 0.6) is 0 Å². The summed E-state index contributed by atoms with van der Waals surface area (Å²) < 4.78 is 0. The molecule has 0 radical (unpaired) electrons. The monoisotopic (exact) mass is 269 g/mol. The van der Waals surface area contributed by atoms with Crippen LogP contribution in [-0.2, 0) is 0 Å². The molecule has 0 unspecified atom stereocenters. The maximum absolute atomic E-state index is 5.90. The van der Waals surface area contributed by atoms with E-state index in [0.29, 0.717) is 5.71 Å². The molecule has 0 aliphatic rings. The SMILES string of the molecule is CC(C)(C)N=C(/C=C/c1ccccc1)C(Cl)Cl. The van der Waals surface area contributed by atoms with Crippen molar-refractivity contribution < 1.29 is 0 Å². The lowest BCUT2D eigenvalue weighted by molar-refractivity contribution is 0.584. The fourth-order valence-corrected chi connectivity index (χ4v) is 1.53. The summed E-state index contributed by atoms with van der Waals surface area (Å²) in [5.41, 5.74) is 1.60. The van der Waals surface area contributed by atoms with Gasteiger partial charge >= 0.3 is 0 Å². The molecule has 0 amide bonds. The summed E-state index contributed by atoms with van der Waals surface area (Å²) in [6, 6.07) is 9.98. The van der Waals surface area contributed by atoms with Crippen molar-refractivity contribution in [3.63, 3.8) is 0 Å². The highest BCUT2D eigenvalue weighted by atomic mass is 35.5. The molecule has 1 aromatic rings. The molecular formula is C14H17Cl2N. The number of halogens is 2. The average molecular weight is 270 g/mol. The van der Waals surface area contributed by atoms with Crippen molar-refractivity contribution in [2.75, 3.05) is 0 Å². The maximum atomic E-state index is 5.90. The van der Waals surface area contributed by atoms with Crippen LogP contribution < -0.4 is 0 Å². The second-order valence-electron chi connectivity index (χ2n) is 4.75. The molecule has 0 N–H and O–H groups in total. The highest BCUT2D eigenvalue weighted by Gasteiger charge is 2.12. The lowest BCUT2D eigenvalue weighted by Crippen LogP contribution is -2.16. The topological polar surface area (TPSA) is 12.4 Å². The normalized spacial score (nSPS) is 13.6. The molecule has 92 valence electrons. The number of allylic oxidation sites excluding steroid dienone is 1. The van der Waals surface area contributed by atoms with E-state index < -0.39 is 4.84 Å². The first kappa shape index (κ1) is 14.3. The molecule has 1 rings (SSSR count). The van der Waals surface area contributed by atoms with Crippen LogP contribution in [-0.4, -0.2) is 16.1 Å². The zero-order valence-corrected chi connectivity index (χ0v) is 11.8.